The van der Waals surface area contributed by atoms with E-state index in [1.807, 2.05) is 24.3 Å². The summed E-state index contributed by atoms with van der Waals surface area (Å²) in [5.41, 5.74) is 3.46. The molecule has 0 bridgehead atoms. The normalized spacial score (nSPS) is 13.1. The number of aryl methyl sites for hydroxylation is 1. The van der Waals surface area contributed by atoms with Gasteiger partial charge in [0.2, 0.25) is 5.91 Å². The number of aromatic amines is 1. The number of amides is 2. The summed E-state index contributed by atoms with van der Waals surface area (Å²) in [4.78, 5) is 39.2. The highest BCUT2D eigenvalue weighted by Gasteiger charge is 2.29. The second-order valence-electron chi connectivity index (χ2n) is 6.76. The monoisotopic (exact) mass is 369 g/mol. The van der Waals surface area contributed by atoms with Crippen LogP contribution in [0.3, 0.4) is 0 Å². The van der Waals surface area contributed by atoms with Crippen molar-refractivity contribution in [3.8, 4) is 0 Å². The SMILES string of the molecule is COC(=O)c1c(C)[nH]c(C(=O)NCc2cccc(NC(=O)C3CC3)c2)c1C. The number of H-pyrrole nitrogens is 1. The van der Waals surface area contributed by atoms with Crippen molar-refractivity contribution >= 4 is 23.5 Å². The first-order valence-corrected chi connectivity index (χ1v) is 8.86. The number of carbonyl (C=O) groups excluding carboxylic acids is 3. The fourth-order valence-corrected chi connectivity index (χ4v) is 3.00. The minimum atomic E-state index is -0.473. The second kappa shape index (κ2) is 7.65. The van der Waals surface area contributed by atoms with E-state index in [4.69, 9.17) is 4.74 Å². The minimum Gasteiger partial charge on any atom is -0.465 e. The number of benzene rings is 1. The van der Waals surface area contributed by atoms with E-state index in [1.54, 1.807) is 13.8 Å². The number of hydrogen-bond donors (Lipinski definition) is 3. The summed E-state index contributed by atoms with van der Waals surface area (Å²) < 4.78 is 4.76. The van der Waals surface area contributed by atoms with E-state index in [-0.39, 0.29) is 17.7 Å². The lowest BCUT2D eigenvalue weighted by Gasteiger charge is -2.08. The highest BCUT2D eigenvalue weighted by Crippen LogP contribution is 2.30. The molecule has 1 aromatic carbocycles. The molecule has 1 saturated carbocycles. The summed E-state index contributed by atoms with van der Waals surface area (Å²) in [6.45, 7) is 3.73. The van der Waals surface area contributed by atoms with E-state index in [2.05, 4.69) is 15.6 Å². The van der Waals surface area contributed by atoms with Gasteiger partial charge in [-0.15, -0.1) is 0 Å². The Balaban J connectivity index is 1.65. The second-order valence-corrected chi connectivity index (χ2v) is 6.76. The van der Waals surface area contributed by atoms with Crippen LogP contribution in [0.4, 0.5) is 5.69 Å². The number of methoxy groups -OCH3 is 1. The van der Waals surface area contributed by atoms with Crippen LogP contribution in [-0.2, 0) is 16.1 Å². The van der Waals surface area contributed by atoms with E-state index in [0.29, 0.717) is 29.1 Å². The van der Waals surface area contributed by atoms with Gasteiger partial charge in [0.05, 0.1) is 12.7 Å². The molecular weight excluding hydrogens is 346 g/mol. The van der Waals surface area contributed by atoms with Crippen LogP contribution in [-0.4, -0.2) is 29.9 Å². The molecule has 0 saturated heterocycles. The Labute approximate surface area is 157 Å². The molecule has 1 aromatic heterocycles. The molecule has 1 fully saturated rings. The molecule has 1 aliphatic carbocycles. The summed E-state index contributed by atoms with van der Waals surface area (Å²) >= 11 is 0. The van der Waals surface area contributed by atoms with Crippen molar-refractivity contribution in [2.75, 3.05) is 12.4 Å². The van der Waals surface area contributed by atoms with Gasteiger partial charge in [0, 0.05) is 23.8 Å². The molecule has 7 nitrogen and oxygen atoms in total. The quantitative estimate of drug-likeness (QED) is 0.682. The van der Waals surface area contributed by atoms with E-state index in [9.17, 15) is 14.4 Å². The van der Waals surface area contributed by atoms with Crippen molar-refractivity contribution in [1.29, 1.82) is 0 Å². The predicted octanol–water partition coefficient (Wildman–Crippen LogP) is 2.70. The molecule has 0 unspecified atom stereocenters. The van der Waals surface area contributed by atoms with Crippen molar-refractivity contribution in [1.82, 2.24) is 10.3 Å². The van der Waals surface area contributed by atoms with Crippen LogP contribution in [0.5, 0.6) is 0 Å². The lowest BCUT2D eigenvalue weighted by atomic mass is 10.1. The van der Waals surface area contributed by atoms with Crippen LogP contribution in [0.2, 0.25) is 0 Å². The number of carbonyl (C=O) groups is 3. The molecule has 1 heterocycles. The zero-order chi connectivity index (χ0) is 19.6. The highest BCUT2D eigenvalue weighted by molar-refractivity contribution is 6.00. The lowest BCUT2D eigenvalue weighted by Crippen LogP contribution is -2.24. The molecule has 7 heteroatoms. The highest BCUT2D eigenvalue weighted by atomic mass is 16.5. The molecule has 0 spiro atoms. The van der Waals surface area contributed by atoms with Crippen molar-refractivity contribution in [3.05, 3.63) is 52.3 Å². The summed E-state index contributed by atoms with van der Waals surface area (Å²) in [5.74, 6) is -0.599. The third-order valence-electron chi connectivity index (χ3n) is 4.65. The molecule has 0 aliphatic heterocycles. The first-order valence-electron chi connectivity index (χ1n) is 8.86. The minimum absolute atomic E-state index is 0.0454. The smallest absolute Gasteiger partial charge is 0.339 e. The van der Waals surface area contributed by atoms with Crippen LogP contribution in [0.25, 0.3) is 0 Å². The van der Waals surface area contributed by atoms with Crippen molar-refractivity contribution in [3.63, 3.8) is 0 Å². The summed E-state index contributed by atoms with van der Waals surface area (Å²) in [6.07, 6.45) is 1.90. The molecule has 0 radical (unpaired) electrons. The molecule has 2 aromatic rings. The number of anilines is 1. The molecule has 2 amide bonds. The van der Waals surface area contributed by atoms with Crippen molar-refractivity contribution in [2.24, 2.45) is 5.92 Å². The standard InChI is InChI=1S/C20H23N3O4/c1-11-16(20(26)27-3)12(2)22-17(11)19(25)21-10-13-5-4-6-15(9-13)23-18(24)14-7-8-14/h4-6,9,14,22H,7-8,10H2,1-3H3,(H,21,25)(H,23,24). The number of nitrogens with one attached hydrogen (secondary N) is 3. The molecule has 3 N–H and O–H groups in total. The Morgan fingerprint density at radius 3 is 2.63 bits per heavy atom. The predicted molar refractivity (Wildman–Crippen MR) is 101 cm³/mol. The Bertz CT molecular complexity index is 897. The average molecular weight is 369 g/mol. The Kier molecular flexibility index (Phi) is 5.30. The number of rotatable bonds is 6. The van der Waals surface area contributed by atoms with Gasteiger partial charge in [-0.2, -0.15) is 0 Å². The van der Waals surface area contributed by atoms with Crippen LogP contribution in [0, 0.1) is 19.8 Å². The molecular formula is C20H23N3O4. The third kappa shape index (κ3) is 4.19. The third-order valence-corrected chi connectivity index (χ3v) is 4.65. The molecule has 142 valence electrons. The van der Waals surface area contributed by atoms with E-state index in [0.717, 1.165) is 24.1 Å². The Morgan fingerprint density at radius 1 is 1.22 bits per heavy atom. The summed E-state index contributed by atoms with van der Waals surface area (Å²) in [6, 6.07) is 7.38. The van der Waals surface area contributed by atoms with Crippen LogP contribution in [0.15, 0.2) is 24.3 Å². The molecule has 1 aliphatic rings. The maximum absolute atomic E-state index is 12.5. The fourth-order valence-electron chi connectivity index (χ4n) is 3.00. The topological polar surface area (TPSA) is 100 Å². The van der Waals surface area contributed by atoms with E-state index in [1.165, 1.54) is 7.11 Å². The maximum Gasteiger partial charge on any atom is 0.339 e. The molecule has 27 heavy (non-hydrogen) atoms. The van der Waals surface area contributed by atoms with E-state index >= 15 is 0 Å². The maximum atomic E-state index is 12.5. The average Bonchev–Trinajstić information content (AvgIpc) is 3.45. The van der Waals surface area contributed by atoms with Gasteiger partial charge >= 0.3 is 5.97 Å². The van der Waals surface area contributed by atoms with Gasteiger partial charge in [0.15, 0.2) is 0 Å². The van der Waals surface area contributed by atoms with Gasteiger partial charge in [0.1, 0.15) is 5.69 Å². The van der Waals surface area contributed by atoms with Gasteiger partial charge in [-0.3, -0.25) is 9.59 Å². The summed E-state index contributed by atoms with van der Waals surface area (Å²) in [7, 11) is 1.31. The van der Waals surface area contributed by atoms with Gasteiger partial charge in [-0.25, -0.2) is 4.79 Å². The molecule has 3 rings (SSSR count). The first-order chi connectivity index (χ1) is 12.9. The number of hydrogen-bond acceptors (Lipinski definition) is 4. The van der Waals surface area contributed by atoms with Gasteiger partial charge in [-0.05, 0) is 49.9 Å². The fraction of sp³-hybridized carbons (Fsp3) is 0.350. The number of ether oxygens (including phenoxy) is 1. The zero-order valence-electron chi connectivity index (χ0n) is 15.6. The first kappa shape index (κ1) is 18.7. The van der Waals surface area contributed by atoms with Gasteiger partial charge in [0.25, 0.3) is 5.91 Å². The molecule has 0 atom stereocenters. The van der Waals surface area contributed by atoms with E-state index < -0.39 is 5.97 Å². The van der Waals surface area contributed by atoms with Crippen molar-refractivity contribution < 1.29 is 19.1 Å². The van der Waals surface area contributed by atoms with Crippen molar-refractivity contribution in [2.45, 2.75) is 33.2 Å². The van der Waals surface area contributed by atoms with Crippen LogP contribution >= 0.6 is 0 Å². The van der Waals surface area contributed by atoms with Crippen LogP contribution < -0.4 is 10.6 Å². The number of aromatic nitrogens is 1. The lowest BCUT2D eigenvalue weighted by molar-refractivity contribution is -0.117. The largest absolute Gasteiger partial charge is 0.465 e. The Morgan fingerprint density at radius 2 is 1.96 bits per heavy atom. The van der Waals surface area contributed by atoms with Crippen LogP contribution in [0.1, 0.15) is 50.5 Å². The number of esters is 1. The zero-order valence-corrected chi connectivity index (χ0v) is 15.6. The Hall–Kier alpha value is -3.09. The van der Waals surface area contributed by atoms with Gasteiger partial charge < -0.3 is 20.4 Å². The van der Waals surface area contributed by atoms with Gasteiger partial charge in [-0.1, -0.05) is 12.1 Å². The summed E-state index contributed by atoms with van der Waals surface area (Å²) in [5, 5.41) is 5.73.